The van der Waals surface area contributed by atoms with Crippen LogP contribution in [0.2, 0.25) is 0 Å². The summed E-state index contributed by atoms with van der Waals surface area (Å²) in [7, 11) is 1.88. The van der Waals surface area contributed by atoms with Crippen molar-refractivity contribution in [2.75, 3.05) is 20.3 Å². The average molecular weight is 265 g/mol. The van der Waals surface area contributed by atoms with Crippen LogP contribution in [0.15, 0.2) is 18.2 Å². The van der Waals surface area contributed by atoms with E-state index in [0.29, 0.717) is 18.5 Å². The van der Waals surface area contributed by atoms with Gasteiger partial charge in [-0.05, 0) is 37.7 Å². The van der Waals surface area contributed by atoms with Gasteiger partial charge in [-0.25, -0.2) is 4.39 Å². The number of nitrogens with zero attached hydrogens (tertiary/aromatic N) is 1. The first kappa shape index (κ1) is 15.6. The SMILES string of the molecule is CC(CO)N(C)Cc1cc(F)cc(C#CCCO)c1. The summed E-state index contributed by atoms with van der Waals surface area (Å²) in [4.78, 5) is 1.94. The molecule has 0 aliphatic rings. The van der Waals surface area contributed by atoms with E-state index in [2.05, 4.69) is 11.8 Å². The van der Waals surface area contributed by atoms with E-state index < -0.39 is 0 Å². The standard InChI is InChI=1S/C15H20FNO2/c1-12(11-19)17(2)10-14-7-13(5-3-4-6-18)8-15(16)9-14/h7-9,12,18-19H,4,6,10-11H2,1-2H3. The predicted molar refractivity (Wildman–Crippen MR) is 73.0 cm³/mol. The van der Waals surface area contributed by atoms with Gasteiger partial charge in [-0.15, -0.1) is 0 Å². The molecule has 0 saturated carbocycles. The Morgan fingerprint density at radius 2 is 2.05 bits per heavy atom. The van der Waals surface area contributed by atoms with Gasteiger partial charge in [0, 0.05) is 24.6 Å². The number of aliphatic hydroxyl groups is 2. The third kappa shape index (κ3) is 5.39. The molecule has 0 aliphatic carbocycles. The number of likely N-dealkylation sites (N-methyl/N-ethyl adjacent to an activating group) is 1. The lowest BCUT2D eigenvalue weighted by molar-refractivity contribution is 0.154. The molecule has 0 saturated heterocycles. The van der Waals surface area contributed by atoms with Gasteiger partial charge in [0.15, 0.2) is 0 Å². The van der Waals surface area contributed by atoms with Crippen molar-refractivity contribution in [1.29, 1.82) is 0 Å². The number of halogens is 1. The quantitative estimate of drug-likeness (QED) is 0.790. The van der Waals surface area contributed by atoms with Crippen LogP contribution in [-0.4, -0.2) is 41.4 Å². The van der Waals surface area contributed by atoms with Crippen molar-refractivity contribution < 1.29 is 14.6 Å². The van der Waals surface area contributed by atoms with Crippen LogP contribution in [0.3, 0.4) is 0 Å². The normalized spacial score (nSPS) is 12.1. The molecule has 1 aromatic rings. The highest BCUT2D eigenvalue weighted by atomic mass is 19.1. The lowest BCUT2D eigenvalue weighted by Gasteiger charge is -2.22. The Hall–Kier alpha value is -1.41. The van der Waals surface area contributed by atoms with E-state index in [4.69, 9.17) is 10.2 Å². The molecule has 1 rings (SSSR count). The third-order valence-corrected chi connectivity index (χ3v) is 2.88. The van der Waals surface area contributed by atoms with Crippen LogP contribution in [-0.2, 0) is 6.54 Å². The molecule has 104 valence electrons. The summed E-state index contributed by atoms with van der Waals surface area (Å²) in [5.74, 6) is 5.27. The van der Waals surface area contributed by atoms with E-state index in [1.54, 1.807) is 0 Å². The van der Waals surface area contributed by atoms with E-state index in [0.717, 1.165) is 5.56 Å². The van der Waals surface area contributed by atoms with E-state index in [-0.39, 0.29) is 25.1 Å². The van der Waals surface area contributed by atoms with E-state index >= 15 is 0 Å². The number of aliphatic hydroxyl groups excluding tert-OH is 2. The molecular weight excluding hydrogens is 245 g/mol. The van der Waals surface area contributed by atoms with E-state index in [1.807, 2.05) is 24.9 Å². The van der Waals surface area contributed by atoms with Gasteiger partial charge in [-0.3, -0.25) is 4.90 Å². The van der Waals surface area contributed by atoms with E-state index in [1.165, 1.54) is 12.1 Å². The zero-order chi connectivity index (χ0) is 14.3. The third-order valence-electron chi connectivity index (χ3n) is 2.88. The van der Waals surface area contributed by atoms with Crippen molar-refractivity contribution in [1.82, 2.24) is 4.90 Å². The summed E-state index contributed by atoms with van der Waals surface area (Å²) in [6.07, 6.45) is 0.382. The Labute approximate surface area is 113 Å². The van der Waals surface area contributed by atoms with Crippen molar-refractivity contribution in [3.63, 3.8) is 0 Å². The Kier molecular flexibility index (Phi) is 6.51. The van der Waals surface area contributed by atoms with E-state index in [9.17, 15) is 4.39 Å². The van der Waals surface area contributed by atoms with Crippen LogP contribution in [0.5, 0.6) is 0 Å². The summed E-state index contributed by atoms with van der Waals surface area (Å²) < 4.78 is 13.5. The van der Waals surface area contributed by atoms with Gasteiger partial charge in [-0.2, -0.15) is 0 Å². The van der Waals surface area contributed by atoms with Gasteiger partial charge in [0.05, 0.1) is 13.2 Å². The summed E-state index contributed by atoms with van der Waals surface area (Å²) >= 11 is 0. The summed E-state index contributed by atoms with van der Waals surface area (Å²) in [5.41, 5.74) is 1.42. The second-order valence-electron chi connectivity index (χ2n) is 4.57. The summed E-state index contributed by atoms with van der Waals surface area (Å²) in [5, 5.41) is 17.7. The van der Waals surface area contributed by atoms with Crippen LogP contribution < -0.4 is 0 Å². The predicted octanol–water partition coefficient (Wildman–Crippen LogP) is 1.37. The second kappa shape index (κ2) is 7.90. The number of hydrogen-bond donors (Lipinski definition) is 2. The highest BCUT2D eigenvalue weighted by Crippen LogP contribution is 2.12. The molecule has 1 unspecified atom stereocenters. The Morgan fingerprint density at radius 3 is 2.68 bits per heavy atom. The maximum atomic E-state index is 13.5. The molecule has 0 aliphatic heterocycles. The van der Waals surface area contributed by atoms with Crippen molar-refractivity contribution >= 4 is 0 Å². The minimum atomic E-state index is -0.323. The molecule has 3 nitrogen and oxygen atoms in total. The van der Waals surface area contributed by atoms with Gasteiger partial charge >= 0.3 is 0 Å². The largest absolute Gasteiger partial charge is 0.395 e. The smallest absolute Gasteiger partial charge is 0.124 e. The fraction of sp³-hybridized carbons (Fsp3) is 0.467. The summed E-state index contributed by atoms with van der Waals surface area (Å²) in [6.45, 7) is 2.52. The van der Waals surface area contributed by atoms with Crippen LogP contribution >= 0.6 is 0 Å². The fourth-order valence-electron chi connectivity index (χ4n) is 1.62. The Balaban J connectivity index is 2.82. The topological polar surface area (TPSA) is 43.7 Å². The highest BCUT2D eigenvalue weighted by Gasteiger charge is 2.09. The highest BCUT2D eigenvalue weighted by molar-refractivity contribution is 5.37. The first-order valence-corrected chi connectivity index (χ1v) is 6.27. The second-order valence-corrected chi connectivity index (χ2v) is 4.57. The monoisotopic (exact) mass is 265 g/mol. The van der Waals surface area contributed by atoms with Gasteiger partial charge in [0.25, 0.3) is 0 Å². The van der Waals surface area contributed by atoms with Crippen LogP contribution in [0.4, 0.5) is 4.39 Å². The molecule has 4 heteroatoms. The zero-order valence-corrected chi connectivity index (χ0v) is 11.4. The maximum absolute atomic E-state index is 13.5. The van der Waals surface area contributed by atoms with Crippen LogP contribution in [0, 0.1) is 17.7 Å². The molecule has 0 spiro atoms. The van der Waals surface area contributed by atoms with Gasteiger partial charge in [-0.1, -0.05) is 11.8 Å². The molecular formula is C15H20FNO2. The molecule has 1 aromatic carbocycles. The minimum absolute atomic E-state index is 0.00588. The molecule has 0 radical (unpaired) electrons. The lowest BCUT2D eigenvalue weighted by atomic mass is 10.1. The molecule has 2 N–H and O–H groups in total. The summed E-state index contributed by atoms with van der Waals surface area (Å²) in [6, 6.07) is 4.70. The van der Waals surface area contributed by atoms with Crippen LogP contribution in [0.1, 0.15) is 24.5 Å². The lowest BCUT2D eigenvalue weighted by Crippen LogP contribution is -2.31. The van der Waals surface area contributed by atoms with Crippen LogP contribution in [0.25, 0.3) is 0 Å². The zero-order valence-electron chi connectivity index (χ0n) is 11.4. The first-order chi connectivity index (χ1) is 9.06. The number of rotatable bonds is 5. The molecule has 19 heavy (non-hydrogen) atoms. The molecule has 0 bridgehead atoms. The molecule has 1 atom stereocenters. The molecule has 0 amide bonds. The number of hydrogen-bond acceptors (Lipinski definition) is 3. The van der Waals surface area contributed by atoms with Crippen molar-refractivity contribution in [2.24, 2.45) is 0 Å². The Bertz CT molecular complexity index is 465. The fourth-order valence-corrected chi connectivity index (χ4v) is 1.62. The van der Waals surface area contributed by atoms with Crippen molar-refractivity contribution in [3.05, 3.63) is 35.1 Å². The van der Waals surface area contributed by atoms with Crippen molar-refractivity contribution in [3.8, 4) is 11.8 Å². The maximum Gasteiger partial charge on any atom is 0.124 e. The minimum Gasteiger partial charge on any atom is -0.395 e. The van der Waals surface area contributed by atoms with Gasteiger partial charge < -0.3 is 10.2 Å². The Morgan fingerprint density at radius 1 is 1.32 bits per heavy atom. The van der Waals surface area contributed by atoms with Gasteiger partial charge in [0.1, 0.15) is 5.82 Å². The van der Waals surface area contributed by atoms with Crippen molar-refractivity contribution in [2.45, 2.75) is 25.9 Å². The van der Waals surface area contributed by atoms with Gasteiger partial charge in [0.2, 0.25) is 0 Å². The number of benzene rings is 1. The molecule has 0 aromatic heterocycles. The molecule has 0 heterocycles. The first-order valence-electron chi connectivity index (χ1n) is 6.27. The molecule has 0 fully saturated rings. The average Bonchev–Trinajstić information content (AvgIpc) is 2.37.